The van der Waals surface area contributed by atoms with Gasteiger partial charge in [0.2, 0.25) is 0 Å². The number of hydrogen-bond acceptors (Lipinski definition) is 4. The Morgan fingerprint density at radius 2 is 2.11 bits per heavy atom. The minimum Gasteiger partial charge on any atom is -0.457 e. The molecule has 0 unspecified atom stereocenters. The van der Waals surface area contributed by atoms with Gasteiger partial charge in [0.25, 0.3) is 0 Å². The molecule has 5 heteroatoms. The lowest BCUT2D eigenvalue weighted by Gasteiger charge is -2.06. The van der Waals surface area contributed by atoms with E-state index < -0.39 is 5.97 Å². The highest BCUT2D eigenvalue weighted by Gasteiger charge is 2.13. The molecule has 0 aliphatic carbocycles. The van der Waals surface area contributed by atoms with E-state index in [0.717, 1.165) is 5.56 Å². The molecule has 0 amide bonds. The van der Waals surface area contributed by atoms with Gasteiger partial charge in [-0.2, -0.15) is 5.26 Å². The van der Waals surface area contributed by atoms with Crippen LogP contribution in [0.1, 0.15) is 21.6 Å². The maximum Gasteiger partial charge on any atom is 0.341 e. The molecule has 1 heterocycles. The summed E-state index contributed by atoms with van der Waals surface area (Å²) in [5, 5.41) is 8.81. The zero-order chi connectivity index (χ0) is 13.7. The van der Waals surface area contributed by atoms with Gasteiger partial charge in [0.05, 0.1) is 10.6 Å². The predicted octanol–water partition coefficient (Wildman–Crippen LogP) is 2.96. The first-order valence-corrected chi connectivity index (χ1v) is 5.85. The van der Waals surface area contributed by atoms with Crippen molar-refractivity contribution < 1.29 is 9.53 Å². The van der Waals surface area contributed by atoms with E-state index in [9.17, 15) is 4.79 Å². The Balaban J connectivity index is 2.07. The highest BCUT2D eigenvalue weighted by Crippen LogP contribution is 2.17. The molecule has 0 bridgehead atoms. The van der Waals surface area contributed by atoms with Gasteiger partial charge in [0, 0.05) is 6.20 Å². The molecule has 0 atom stereocenters. The topological polar surface area (TPSA) is 63.0 Å². The normalized spacial score (nSPS) is 9.68. The summed E-state index contributed by atoms with van der Waals surface area (Å²) in [4.78, 5) is 15.6. The first-order chi connectivity index (χ1) is 9.20. The van der Waals surface area contributed by atoms with Gasteiger partial charge in [-0.3, -0.25) is 0 Å². The van der Waals surface area contributed by atoms with E-state index >= 15 is 0 Å². The van der Waals surface area contributed by atoms with Gasteiger partial charge in [0.15, 0.2) is 0 Å². The molecular formula is C14H9ClN2O2. The van der Waals surface area contributed by atoms with Crippen LogP contribution >= 0.6 is 11.6 Å². The lowest BCUT2D eigenvalue weighted by Crippen LogP contribution is -2.07. The van der Waals surface area contributed by atoms with Gasteiger partial charge >= 0.3 is 5.97 Å². The van der Waals surface area contributed by atoms with Crippen LogP contribution in [-0.2, 0) is 11.3 Å². The Morgan fingerprint density at radius 3 is 2.74 bits per heavy atom. The first-order valence-electron chi connectivity index (χ1n) is 5.47. The predicted molar refractivity (Wildman–Crippen MR) is 69.5 cm³/mol. The Kier molecular flexibility index (Phi) is 4.11. The van der Waals surface area contributed by atoms with Gasteiger partial charge < -0.3 is 4.74 Å². The molecule has 0 fully saturated rings. The van der Waals surface area contributed by atoms with E-state index in [0.29, 0.717) is 0 Å². The fourth-order valence-corrected chi connectivity index (χ4v) is 1.67. The van der Waals surface area contributed by atoms with Crippen LogP contribution in [0.15, 0.2) is 42.6 Å². The maximum absolute atomic E-state index is 11.8. The third-order valence-corrected chi connectivity index (χ3v) is 2.71. The molecule has 0 saturated carbocycles. The molecule has 0 saturated heterocycles. The fourth-order valence-electron chi connectivity index (χ4n) is 1.44. The van der Waals surface area contributed by atoms with Crippen LogP contribution in [0.4, 0.5) is 0 Å². The molecule has 0 aliphatic heterocycles. The summed E-state index contributed by atoms with van der Waals surface area (Å²) in [7, 11) is 0. The molecule has 1 aromatic carbocycles. The highest BCUT2D eigenvalue weighted by atomic mass is 35.5. The molecular weight excluding hydrogens is 264 g/mol. The monoisotopic (exact) mass is 272 g/mol. The van der Waals surface area contributed by atoms with Crippen LogP contribution in [-0.4, -0.2) is 11.0 Å². The van der Waals surface area contributed by atoms with Gasteiger partial charge in [-0.15, -0.1) is 0 Å². The largest absolute Gasteiger partial charge is 0.457 e. The number of benzene rings is 1. The zero-order valence-electron chi connectivity index (χ0n) is 9.84. The summed E-state index contributed by atoms with van der Waals surface area (Å²) in [5.41, 5.74) is 1.19. The molecule has 2 rings (SSSR count). The van der Waals surface area contributed by atoms with Crippen molar-refractivity contribution in [3.05, 3.63) is 64.4 Å². The third kappa shape index (κ3) is 3.30. The van der Waals surface area contributed by atoms with E-state index in [1.54, 1.807) is 0 Å². The molecule has 19 heavy (non-hydrogen) atoms. The summed E-state index contributed by atoms with van der Waals surface area (Å²) in [6, 6.07) is 12.5. The lowest BCUT2D eigenvalue weighted by molar-refractivity contribution is 0.0472. The summed E-state index contributed by atoms with van der Waals surface area (Å²) in [6.45, 7) is 0.163. The standard InChI is InChI=1S/C14H9ClN2O2/c15-13-6-11(7-16)17-8-12(13)14(18)19-9-10-4-2-1-3-5-10/h1-6,8H,9H2. The van der Waals surface area contributed by atoms with Crippen molar-refractivity contribution >= 4 is 17.6 Å². The van der Waals surface area contributed by atoms with Crippen LogP contribution in [0.3, 0.4) is 0 Å². The second kappa shape index (κ2) is 5.98. The summed E-state index contributed by atoms with van der Waals surface area (Å²) < 4.78 is 5.12. The number of nitriles is 1. The molecule has 4 nitrogen and oxygen atoms in total. The summed E-state index contributed by atoms with van der Waals surface area (Å²) >= 11 is 5.89. The van der Waals surface area contributed by atoms with E-state index in [1.165, 1.54) is 12.3 Å². The van der Waals surface area contributed by atoms with Crippen molar-refractivity contribution in [2.75, 3.05) is 0 Å². The molecule has 0 radical (unpaired) electrons. The Hall–Kier alpha value is -2.38. The second-order valence-electron chi connectivity index (χ2n) is 3.72. The number of halogens is 1. The second-order valence-corrected chi connectivity index (χ2v) is 4.13. The molecule has 1 aromatic heterocycles. The van der Waals surface area contributed by atoms with Crippen molar-refractivity contribution in [2.24, 2.45) is 0 Å². The number of rotatable bonds is 3. The van der Waals surface area contributed by atoms with Crippen molar-refractivity contribution in [3.8, 4) is 6.07 Å². The minimum absolute atomic E-state index is 0.150. The maximum atomic E-state index is 11.8. The number of carbonyl (C=O) groups excluding carboxylic acids is 1. The Labute approximate surface area is 115 Å². The van der Waals surface area contributed by atoms with Crippen LogP contribution in [0, 0.1) is 11.3 Å². The van der Waals surface area contributed by atoms with Gasteiger partial charge in [-0.1, -0.05) is 41.9 Å². The summed E-state index contributed by atoms with van der Waals surface area (Å²) in [5.74, 6) is -0.564. The number of nitrogens with zero attached hydrogens (tertiary/aromatic N) is 2. The van der Waals surface area contributed by atoms with Crippen LogP contribution in [0.2, 0.25) is 5.02 Å². The van der Waals surface area contributed by atoms with Gasteiger partial charge in [-0.05, 0) is 11.6 Å². The van der Waals surface area contributed by atoms with E-state index in [-0.39, 0.29) is 22.9 Å². The van der Waals surface area contributed by atoms with Crippen LogP contribution in [0.25, 0.3) is 0 Å². The van der Waals surface area contributed by atoms with Gasteiger partial charge in [0.1, 0.15) is 18.4 Å². The third-order valence-electron chi connectivity index (χ3n) is 2.40. The average molecular weight is 273 g/mol. The lowest BCUT2D eigenvalue weighted by atomic mass is 10.2. The minimum atomic E-state index is -0.564. The quantitative estimate of drug-likeness (QED) is 0.806. The number of hydrogen-bond donors (Lipinski definition) is 0. The zero-order valence-corrected chi connectivity index (χ0v) is 10.6. The summed E-state index contributed by atoms with van der Waals surface area (Å²) in [6.07, 6.45) is 1.24. The molecule has 0 N–H and O–H groups in total. The number of ether oxygens (including phenoxy) is 1. The number of esters is 1. The van der Waals surface area contributed by atoms with E-state index in [1.807, 2.05) is 36.4 Å². The average Bonchev–Trinajstić information content (AvgIpc) is 2.45. The number of carbonyl (C=O) groups is 1. The Morgan fingerprint density at radius 1 is 1.37 bits per heavy atom. The van der Waals surface area contributed by atoms with E-state index in [4.69, 9.17) is 21.6 Å². The van der Waals surface area contributed by atoms with Crippen molar-refractivity contribution in [3.63, 3.8) is 0 Å². The van der Waals surface area contributed by atoms with Crippen LogP contribution in [0.5, 0.6) is 0 Å². The van der Waals surface area contributed by atoms with Crippen molar-refractivity contribution in [2.45, 2.75) is 6.61 Å². The van der Waals surface area contributed by atoms with Crippen molar-refractivity contribution in [1.29, 1.82) is 5.26 Å². The van der Waals surface area contributed by atoms with Gasteiger partial charge in [-0.25, -0.2) is 9.78 Å². The molecule has 94 valence electrons. The van der Waals surface area contributed by atoms with Crippen LogP contribution < -0.4 is 0 Å². The number of pyridine rings is 1. The fraction of sp³-hybridized carbons (Fsp3) is 0.0714. The highest BCUT2D eigenvalue weighted by molar-refractivity contribution is 6.33. The molecule has 2 aromatic rings. The van der Waals surface area contributed by atoms with E-state index in [2.05, 4.69) is 4.98 Å². The first kappa shape index (κ1) is 13.1. The molecule has 0 aliphatic rings. The smallest absolute Gasteiger partial charge is 0.341 e. The Bertz CT molecular complexity index is 636. The molecule has 0 spiro atoms. The number of aromatic nitrogens is 1. The SMILES string of the molecule is N#Cc1cc(Cl)c(C(=O)OCc2ccccc2)cn1. The van der Waals surface area contributed by atoms with Crippen molar-refractivity contribution in [1.82, 2.24) is 4.98 Å².